The van der Waals surface area contributed by atoms with E-state index in [9.17, 15) is 0 Å². The Hall–Kier alpha value is -3.25. The normalized spacial score (nSPS) is 17.0. The van der Waals surface area contributed by atoms with Crippen molar-refractivity contribution in [3.05, 3.63) is 132 Å². The molecule has 8 rings (SSSR count). The standard InChI is InChI=1S/2C16H11N2.2ClH.Hf/c2*1-2-6-13-10-15(9-12(13)5-1)18-11-14-7-3-4-8-16(14)17-18;;;/h2*1-11H;2*1H;/q;;;;+2/p-2. The van der Waals surface area contributed by atoms with Gasteiger partial charge in [-0.15, -0.1) is 0 Å². The van der Waals surface area contributed by atoms with Gasteiger partial charge < -0.3 is 24.8 Å². The summed E-state index contributed by atoms with van der Waals surface area (Å²) < 4.78 is 5.12. The number of hydrogen-bond acceptors (Lipinski definition) is 2. The first kappa shape index (κ1) is 26.0. The molecule has 39 heavy (non-hydrogen) atoms. The third-order valence-electron chi connectivity index (χ3n) is 7.50. The molecule has 0 saturated heterocycles. The monoisotopic (exact) mass is 712 g/mol. The molecule has 0 radical (unpaired) electrons. The first-order chi connectivity index (χ1) is 18.3. The topological polar surface area (TPSA) is 35.6 Å². The summed E-state index contributed by atoms with van der Waals surface area (Å²) in [6, 6.07) is 34.6. The van der Waals surface area contributed by atoms with E-state index in [1.165, 1.54) is 44.4 Å². The zero-order valence-electron chi connectivity index (χ0n) is 20.7. The minimum absolute atomic E-state index is 0. The summed E-state index contributed by atoms with van der Waals surface area (Å²) in [5, 5.41) is 12.4. The van der Waals surface area contributed by atoms with Gasteiger partial charge in [0.15, 0.2) is 0 Å². The average molecular weight is 712 g/mol. The Kier molecular flexibility index (Phi) is 6.92. The van der Waals surface area contributed by atoms with Crippen molar-refractivity contribution in [2.45, 2.75) is 7.35 Å². The Morgan fingerprint density at radius 1 is 0.513 bits per heavy atom. The van der Waals surface area contributed by atoms with E-state index in [4.69, 9.17) is 10.2 Å². The van der Waals surface area contributed by atoms with Crippen molar-refractivity contribution < 1.29 is 47.7 Å². The van der Waals surface area contributed by atoms with Crippen LogP contribution in [0.2, 0.25) is 0 Å². The van der Waals surface area contributed by atoms with Crippen molar-refractivity contribution in [1.82, 2.24) is 19.6 Å². The molecule has 0 N–H and O–H groups in total. The minimum atomic E-state index is -1.45. The first-order valence-corrected chi connectivity index (χ1v) is 16.7. The third kappa shape index (κ3) is 4.33. The second kappa shape index (κ2) is 10.4. The summed E-state index contributed by atoms with van der Waals surface area (Å²) in [5.41, 5.74) is 10.3. The Morgan fingerprint density at radius 2 is 0.923 bits per heavy atom. The number of nitrogens with zero attached hydrogens (tertiary/aromatic N) is 4. The summed E-state index contributed by atoms with van der Waals surface area (Å²) in [4.78, 5) is 0. The Balaban J connectivity index is 0.00000138. The number of benzene rings is 4. The van der Waals surface area contributed by atoms with Gasteiger partial charge in [-0.2, -0.15) is 0 Å². The van der Waals surface area contributed by atoms with Crippen LogP contribution in [-0.2, 0) is 22.9 Å². The molecule has 2 unspecified atom stereocenters. The summed E-state index contributed by atoms with van der Waals surface area (Å²) in [6.07, 6.45) is 9.13. The first-order valence-electron chi connectivity index (χ1n) is 12.6. The summed E-state index contributed by atoms with van der Waals surface area (Å²) in [6.45, 7) is 0. The molecule has 4 aromatic carbocycles. The van der Waals surface area contributed by atoms with E-state index in [0.29, 0.717) is 7.35 Å². The van der Waals surface area contributed by atoms with Gasteiger partial charge in [0, 0.05) is 0 Å². The van der Waals surface area contributed by atoms with Gasteiger partial charge in [-0.3, -0.25) is 0 Å². The van der Waals surface area contributed by atoms with Gasteiger partial charge in [0.25, 0.3) is 0 Å². The number of allylic oxidation sites excluding steroid dienone is 2. The SMILES string of the molecule is C1=C(n2cc3ccccc3n2)[CH]([Hf+2][CH]2C(n3cc4ccccc4n3)=Cc3ccccc32)c2ccccc21.[Cl-].[Cl-]. The van der Waals surface area contributed by atoms with E-state index < -0.39 is 22.9 Å². The molecule has 2 atom stereocenters. The summed E-state index contributed by atoms with van der Waals surface area (Å²) in [5.74, 6) is 0. The zero-order chi connectivity index (χ0) is 24.3. The average Bonchev–Trinajstić information content (AvgIpc) is 3.71. The van der Waals surface area contributed by atoms with Crippen LogP contribution in [0.25, 0.3) is 45.4 Å². The molecule has 0 saturated carbocycles. The molecule has 2 aliphatic rings. The number of hydrogen-bond donors (Lipinski definition) is 0. The summed E-state index contributed by atoms with van der Waals surface area (Å²) >= 11 is -1.45. The van der Waals surface area contributed by atoms with Crippen molar-refractivity contribution in [2.24, 2.45) is 0 Å². The third-order valence-corrected chi connectivity index (χ3v) is 14.3. The van der Waals surface area contributed by atoms with E-state index in [1.807, 2.05) is 0 Å². The van der Waals surface area contributed by atoms with Crippen molar-refractivity contribution in [3.63, 3.8) is 0 Å². The van der Waals surface area contributed by atoms with Gasteiger partial charge in [-0.05, 0) is 0 Å². The van der Waals surface area contributed by atoms with Crippen LogP contribution in [-0.4, -0.2) is 19.6 Å². The molecule has 0 bridgehead atoms. The van der Waals surface area contributed by atoms with Crippen LogP contribution in [0.5, 0.6) is 0 Å². The molecule has 0 amide bonds. The Morgan fingerprint density at radius 3 is 1.38 bits per heavy atom. The van der Waals surface area contributed by atoms with Crippen LogP contribution in [0, 0.1) is 0 Å². The predicted molar refractivity (Wildman–Crippen MR) is 146 cm³/mol. The minimum Gasteiger partial charge on any atom is -1.00 e. The largest absolute Gasteiger partial charge is 1.00 e. The molecule has 7 heteroatoms. The summed E-state index contributed by atoms with van der Waals surface area (Å²) in [7, 11) is 0. The van der Waals surface area contributed by atoms with Crippen molar-refractivity contribution in [2.75, 3.05) is 0 Å². The molecule has 2 heterocycles. The predicted octanol–water partition coefficient (Wildman–Crippen LogP) is 1.28. The van der Waals surface area contributed by atoms with Crippen LogP contribution in [0.4, 0.5) is 0 Å². The Bertz CT molecular complexity index is 1700. The second-order valence-corrected chi connectivity index (χ2v) is 15.0. The number of halogens is 2. The van der Waals surface area contributed by atoms with Gasteiger partial charge in [0.05, 0.1) is 0 Å². The quantitative estimate of drug-likeness (QED) is 0.259. The van der Waals surface area contributed by atoms with Crippen LogP contribution < -0.4 is 24.8 Å². The van der Waals surface area contributed by atoms with Crippen LogP contribution in [0.15, 0.2) is 109 Å². The van der Waals surface area contributed by atoms with E-state index >= 15 is 0 Å². The van der Waals surface area contributed by atoms with Gasteiger partial charge in [-0.25, -0.2) is 0 Å². The van der Waals surface area contributed by atoms with Crippen LogP contribution in [0.1, 0.15) is 29.6 Å². The van der Waals surface area contributed by atoms with E-state index in [-0.39, 0.29) is 24.8 Å². The molecule has 2 aliphatic carbocycles. The van der Waals surface area contributed by atoms with E-state index in [0.717, 1.165) is 11.0 Å². The molecular weight excluding hydrogens is 690 g/mol. The maximum atomic E-state index is 5.00. The maximum absolute atomic E-state index is 5.00. The second-order valence-electron chi connectivity index (χ2n) is 9.69. The zero-order valence-corrected chi connectivity index (χ0v) is 25.9. The van der Waals surface area contributed by atoms with Crippen molar-refractivity contribution in [1.29, 1.82) is 0 Å². The van der Waals surface area contributed by atoms with Gasteiger partial charge in [-0.1, -0.05) is 0 Å². The molecule has 6 aromatic rings. The fraction of sp³-hybridized carbons (Fsp3) is 0.0625. The van der Waals surface area contributed by atoms with E-state index in [1.54, 1.807) is 0 Å². The van der Waals surface area contributed by atoms with Gasteiger partial charge in [0.2, 0.25) is 0 Å². The number of fused-ring (bicyclic) bond motifs is 4. The molecule has 4 nitrogen and oxygen atoms in total. The molecular formula is C32H22Cl2HfN4. The van der Waals surface area contributed by atoms with Crippen LogP contribution >= 0.6 is 0 Å². The fourth-order valence-corrected chi connectivity index (χ4v) is 12.9. The number of rotatable bonds is 4. The van der Waals surface area contributed by atoms with Crippen molar-refractivity contribution >= 4 is 45.4 Å². The Labute approximate surface area is 250 Å². The maximum Gasteiger partial charge on any atom is -1.00 e. The van der Waals surface area contributed by atoms with Gasteiger partial charge in [0.1, 0.15) is 0 Å². The molecule has 0 fully saturated rings. The van der Waals surface area contributed by atoms with Crippen molar-refractivity contribution in [3.8, 4) is 0 Å². The molecule has 0 aliphatic heterocycles. The molecule has 188 valence electrons. The van der Waals surface area contributed by atoms with E-state index in [2.05, 4.69) is 131 Å². The van der Waals surface area contributed by atoms with Gasteiger partial charge >= 0.3 is 227 Å². The smallest absolute Gasteiger partial charge is 1.00 e. The number of aromatic nitrogens is 4. The molecule has 2 aromatic heterocycles. The van der Waals surface area contributed by atoms with Crippen LogP contribution in [0.3, 0.4) is 0 Å². The molecule has 0 spiro atoms. The fourth-order valence-electron chi connectivity index (χ4n) is 5.72.